The summed E-state index contributed by atoms with van der Waals surface area (Å²) in [6.45, 7) is 5.26. The molecule has 1 aliphatic rings. The summed E-state index contributed by atoms with van der Waals surface area (Å²) < 4.78 is 32.3. The normalized spacial score (nSPS) is 27.1. The highest BCUT2D eigenvalue weighted by Gasteiger charge is 2.45. The monoisotopic (exact) mass is 389 g/mol. The average Bonchev–Trinajstić information content (AvgIpc) is 2.60. The van der Waals surface area contributed by atoms with Crippen LogP contribution in [0.4, 0.5) is 4.39 Å². The van der Waals surface area contributed by atoms with E-state index in [1.54, 1.807) is 52.4 Å². The molecular weight excluding hydrogens is 365 g/mol. The minimum Gasteiger partial charge on any atom is -0.495 e. The molecule has 2 atom stereocenters. The lowest BCUT2D eigenvalue weighted by molar-refractivity contribution is 0.413. The van der Waals surface area contributed by atoms with Gasteiger partial charge in [-0.15, -0.1) is 0 Å². The summed E-state index contributed by atoms with van der Waals surface area (Å²) >= 11 is 0. The Kier molecular flexibility index (Phi) is 4.54. The summed E-state index contributed by atoms with van der Waals surface area (Å²) in [5, 5.41) is 0. The van der Waals surface area contributed by atoms with Crippen molar-refractivity contribution in [2.45, 2.75) is 31.1 Å². The Labute approximate surface area is 159 Å². The molecule has 3 rings (SSSR count). The van der Waals surface area contributed by atoms with Gasteiger partial charge in [0.1, 0.15) is 17.4 Å². The number of nitrogens with zero attached hydrogens (tertiary/aromatic N) is 2. The Hall–Kier alpha value is -2.41. The highest BCUT2D eigenvalue weighted by molar-refractivity contribution is 8.02. The molecule has 1 aromatic heterocycles. The first-order valence-corrected chi connectivity index (χ1v) is 10.4. The molecule has 2 heterocycles. The van der Waals surface area contributed by atoms with E-state index in [1.807, 2.05) is 6.07 Å². The number of ether oxygens (including phenoxy) is 1. The smallest absolute Gasteiger partial charge is 0.137 e. The van der Waals surface area contributed by atoms with Crippen LogP contribution >= 0.6 is 0 Å². The van der Waals surface area contributed by atoms with E-state index >= 15 is 0 Å². The molecule has 1 aliphatic heterocycles. The minimum absolute atomic E-state index is 0.116. The van der Waals surface area contributed by atoms with Crippen molar-refractivity contribution in [3.05, 3.63) is 48.0 Å². The van der Waals surface area contributed by atoms with Crippen LogP contribution < -0.4 is 10.5 Å². The van der Waals surface area contributed by atoms with Gasteiger partial charge < -0.3 is 10.5 Å². The van der Waals surface area contributed by atoms with Crippen molar-refractivity contribution < 1.29 is 13.3 Å². The number of pyridine rings is 1. The van der Waals surface area contributed by atoms with Gasteiger partial charge in [0, 0.05) is 23.1 Å². The van der Waals surface area contributed by atoms with E-state index in [2.05, 4.69) is 15.8 Å². The molecule has 0 spiro atoms. The molecule has 0 bridgehead atoms. The fraction of sp³-hybridized carbons (Fsp3) is 0.350. The Bertz CT molecular complexity index is 1030. The zero-order valence-corrected chi connectivity index (χ0v) is 16.8. The first-order chi connectivity index (χ1) is 12.5. The van der Waals surface area contributed by atoms with Gasteiger partial charge in [0.15, 0.2) is 0 Å². The van der Waals surface area contributed by atoms with Crippen LogP contribution in [-0.2, 0) is 15.1 Å². The number of aromatic nitrogens is 1. The largest absolute Gasteiger partial charge is 0.495 e. The molecule has 0 radical (unpaired) electrons. The number of amidine groups is 1. The Balaban J connectivity index is 2.16. The Morgan fingerprint density at radius 3 is 2.56 bits per heavy atom. The van der Waals surface area contributed by atoms with Gasteiger partial charge in [-0.05, 0) is 59.9 Å². The van der Waals surface area contributed by atoms with E-state index in [9.17, 15) is 8.60 Å². The molecule has 2 aromatic rings. The molecule has 0 aliphatic carbocycles. The molecule has 27 heavy (non-hydrogen) atoms. The molecule has 0 saturated heterocycles. The van der Waals surface area contributed by atoms with Crippen molar-refractivity contribution in [2.75, 3.05) is 12.9 Å². The van der Waals surface area contributed by atoms with Gasteiger partial charge in [0.25, 0.3) is 0 Å². The average molecular weight is 389 g/mol. The SMILES string of the molecule is C=S1(=O)C[C@@](C)(c2cc(-c3cncc(OC)c3)ccc2F)N=C(N)C1(C)C. The number of nitrogens with two attached hydrogens (primary N) is 1. The maximum Gasteiger partial charge on any atom is 0.137 e. The molecule has 0 fully saturated rings. The Morgan fingerprint density at radius 1 is 1.22 bits per heavy atom. The number of halogens is 1. The van der Waals surface area contributed by atoms with Crippen molar-refractivity contribution in [1.82, 2.24) is 4.98 Å². The van der Waals surface area contributed by atoms with Crippen LogP contribution in [0.15, 0.2) is 41.7 Å². The van der Waals surface area contributed by atoms with Gasteiger partial charge in [-0.3, -0.25) is 14.2 Å². The number of rotatable bonds is 3. The van der Waals surface area contributed by atoms with Gasteiger partial charge in [0.05, 0.1) is 23.6 Å². The molecule has 1 aromatic carbocycles. The maximum atomic E-state index is 14.8. The Morgan fingerprint density at radius 2 is 1.93 bits per heavy atom. The minimum atomic E-state index is -2.63. The third kappa shape index (κ3) is 3.20. The van der Waals surface area contributed by atoms with E-state index < -0.39 is 25.6 Å². The molecule has 5 nitrogen and oxygen atoms in total. The molecule has 1 unspecified atom stereocenters. The summed E-state index contributed by atoms with van der Waals surface area (Å²) in [6, 6.07) is 6.57. The predicted molar refractivity (Wildman–Crippen MR) is 109 cm³/mol. The van der Waals surface area contributed by atoms with Crippen LogP contribution in [0.1, 0.15) is 26.3 Å². The lowest BCUT2D eigenvalue weighted by Crippen LogP contribution is -2.54. The first kappa shape index (κ1) is 19.4. The van der Waals surface area contributed by atoms with E-state index in [-0.39, 0.29) is 11.6 Å². The lowest BCUT2D eigenvalue weighted by atomic mass is 9.90. The topological polar surface area (TPSA) is 77.6 Å². The summed E-state index contributed by atoms with van der Waals surface area (Å²) in [6.07, 6.45) is 3.27. The van der Waals surface area contributed by atoms with Gasteiger partial charge in [-0.25, -0.2) is 4.39 Å². The molecule has 0 amide bonds. The first-order valence-electron chi connectivity index (χ1n) is 8.50. The van der Waals surface area contributed by atoms with Crippen molar-refractivity contribution >= 4 is 21.2 Å². The molecule has 144 valence electrons. The number of aliphatic imine (C=N–C) groups is 1. The number of methoxy groups -OCH3 is 1. The number of hydrogen-bond acceptors (Lipinski definition) is 5. The van der Waals surface area contributed by atoms with E-state index in [0.717, 1.165) is 11.1 Å². The summed E-state index contributed by atoms with van der Waals surface area (Å²) in [4.78, 5) is 8.70. The lowest BCUT2D eigenvalue weighted by Gasteiger charge is -2.41. The maximum absolute atomic E-state index is 14.8. The quantitative estimate of drug-likeness (QED) is 0.819. The third-order valence-electron chi connectivity index (χ3n) is 5.26. The molecular formula is C20H24FN3O2S. The van der Waals surface area contributed by atoms with Crippen molar-refractivity contribution in [3.8, 4) is 16.9 Å². The summed E-state index contributed by atoms with van der Waals surface area (Å²) in [5.41, 5.74) is 6.92. The van der Waals surface area contributed by atoms with Crippen molar-refractivity contribution in [3.63, 3.8) is 0 Å². The second-order valence-corrected chi connectivity index (χ2v) is 10.5. The molecule has 2 N–H and O–H groups in total. The summed E-state index contributed by atoms with van der Waals surface area (Å²) in [7, 11) is -1.07. The fourth-order valence-electron chi connectivity index (χ4n) is 3.20. The van der Waals surface area contributed by atoms with Crippen LogP contribution in [0, 0.1) is 5.82 Å². The number of hydrogen-bond donors (Lipinski definition) is 1. The predicted octanol–water partition coefficient (Wildman–Crippen LogP) is 2.98. The van der Waals surface area contributed by atoms with Crippen molar-refractivity contribution in [2.24, 2.45) is 10.7 Å². The van der Waals surface area contributed by atoms with Crippen LogP contribution in [0.2, 0.25) is 0 Å². The van der Waals surface area contributed by atoms with Crippen LogP contribution in [0.25, 0.3) is 11.1 Å². The van der Waals surface area contributed by atoms with Gasteiger partial charge >= 0.3 is 0 Å². The van der Waals surface area contributed by atoms with Crippen LogP contribution in [0.3, 0.4) is 0 Å². The second kappa shape index (κ2) is 6.34. The zero-order valence-electron chi connectivity index (χ0n) is 16.0. The van der Waals surface area contributed by atoms with Crippen molar-refractivity contribution in [1.29, 1.82) is 0 Å². The van der Waals surface area contributed by atoms with Gasteiger partial charge in [0.2, 0.25) is 0 Å². The highest BCUT2D eigenvalue weighted by Crippen LogP contribution is 2.39. The van der Waals surface area contributed by atoms with E-state index in [4.69, 9.17) is 10.5 Å². The summed E-state index contributed by atoms with van der Waals surface area (Å²) in [5.74, 6) is 4.42. The molecule has 7 heteroatoms. The van der Waals surface area contributed by atoms with E-state index in [0.29, 0.717) is 11.3 Å². The van der Waals surface area contributed by atoms with Gasteiger partial charge in [-0.1, -0.05) is 6.07 Å². The van der Waals surface area contributed by atoms with E-state index in [1.165, 1.54) is 6.07 Å². The highest BCUT2D eigenvalue weighted by atomic mass is 32.2. The fourth-order valence-corrected chi connectivity index (χ4v) is 5.12. The third-order valence-corrected chi connectivity index (χ3v) is 8.35. The molecule has 0 saturated carbocycles. The second-order valence-electron chi connectivity index (χ2n) is 7.55. The number of benzene rings is 1. The standard InChI is InChI=1S/C20H24FN3O2S/c1-19(2)18(22)24-20(3,12-27(19,5)25)16-9-13(6-7-17(16)21)14-8-15(26-4)11-23-10-14/h6-11H,5,12H2,1-4H3,(H2,22,24)/t20-,27?/m0/s1. The van der Waals surface area contributed by atoms with Gasteiger partial charge in [-0.2, -0.15) is 0 Å². The zero-order chi connectivity index (χ0) is 20.0. The van der Waals surface area contributed by atoms with Crippen LogP contribution in [0.5, 0.6) is 5.75 Å². The van der Waals surface area contributed by atoms with Crippen LogP contribution in [-0.4, -0.2) is 38.5 Å².